The Labute approximate surface area is 209 Å². The van der Waals surface area contributed by atoms with Crippen LogP contribution in [0.25, 0.3) is 6.08 Å². The molecule has 2 aliphatic rings. The first-order valence-corrected chi connectivity index (χ1v) is 12.9. The molecule has 2 aromatic rings. The standard InChI is InChI=1S/C26H28N4O2S2/c1-3-12-29-23(28-13-7-8-14-28)20(18(2)21(17-27)24(29)31)16-22-25(32)30(26(33)34-22)15-11-19-9-5-4-6-10-19/h4-6,9-10,16H,3,7-8,11-15H2,1-2H3. The van der Waals surface area contributed by atoms with Gasteiger partial charge in [0.05, 0.1) is 4.91 Å². The maximum atomic E-state index is 13.3. The zero-order valence-corrected chi connectivity index (χ0v) is 21.2. The number of thioether (sulfide) groups is 1. The van der Waals surface area contributed by atoms with Gasteiger partial charge in [0.15, 0.2) is 0 Å². The van der Waals surface area contributed by atoms with Crippen molar-refractivity contribution in [1.29, 1.82) is 5.26 Å². The van der Waals surface area contributed by atoms with Crippen molar-refractivity contribution in [3.63, 3.8) is 0 Å². The summed E-state index contributed by atoms with van der Waals surface area (Å²) in [5.74, 6) is 0.694. The number of benzene rings is 1. The third kappa shape index (κ3) is 4.68. The molecule has 176 valence electrons. The molecule has 3 heterocycles. The molecule has 0 bridgehead atoms. The van der Waals surface area contributed by atoms with Gasteiger partial charge in [-0.3, -0.25) is 19.1 Å². The van der Waals surface area contributed by atoms with E-state index in [2.05, 4.69) is 11.0 Å². The van der Waals surface area contributed by atoms with Crippen LogP contribution < -0.4 is 10.5 Å². The summed E-state index contributed by atoms with van der Waals surface area (Å²) in [6.45, 7) is 6.57. The number of amides is 1. The molecule has 0 N–H and O–H groups in total. The van der Waals surface area contributed by atoms with E-state index in [1.54, 1.807) is 16.4 Å². The zero-order chi connectivity index (χ0) is 24.2. The molecule has 0 radical (unpaired) electrons. The second-order valence-electron chi connectivity index (χ2n) is 8.57. The van der Waals surface area contributed by atoms with E-state index in [1.165, 1.54) is 11.8 Å². The molecule has 8 heteroatoms. The predicted octanol–water partition coefficient (Wildman–Crippen LogP) is 4.48. The molecule has 1 amide bonds. The molecule has 6 nitrogen and oxygen atoms in total. The topological polar surface area (TPSA) is 69.3 Å². The smallest absolute Gasteiger partial charge is 0.270 e. The Morgan fingerprint density at radius 2 is 1.85 bits per heavy atom. The van der Waals surface area contributed by atoms with E-state index in [0.29, 0.717) is 27.9 Å². The van der Waals surface area contributed by atoms with Crippen molar-refractivity contribution in [2.24, 2.45) is 0 Å². The van der Waals surface area contributed by atoms with Crippen molar-refractivity contribution in [2.45, 2.75) is 46.1 Å². The molecule has 2 aliphatic heterocycles. The number of anilines is 1. The fraction of sp³-hybridized carbons (Fsp3) is 0.385. The van der Waals surface area contributed by atoms with Gasteiger partial charge in [0.25, 0.3) is 11.5 Å². The van der Waals surface area contributed by atoms with E-state index >= 15 is 0 Å². The molecule has 34 heavy (non-hydrogen) atoms. The van der Waals surface area contributed by atoms with Crippen LogP contribution >= 0.6 is 24.0 Å². The van der Waals surface area contributed by atoms with Gasteiger partial charge in [-0.1, -0.05) is 61.2 Å². The summed E-state index contributed by atoms with van der Waals surface area (Å²) in [5, 5.41) is 9.75. The lowest BCUT2D eigenvalue weighted by atomic mass is 10.0. The number of nitriles is 1. The van der Waals surface area contributed by atoms with Crippen LogP contribution in [0, 0.1) is 18.3 Å². The van der Waals surface area contributed by atoms with E-state index in [0.717, 1.165) is 55.7 Å². The summed E-state index contributed by atoms with van der Waals surface area (Å²) in [7, 11) is 0. The van der Waals surface area contributed by atoms with E-state index in [9.17, 15) is 14.9 Å². The molecule has 2 saturated heterocycles. The van der Waals surface area contributed by atoms with Crippen molar-refractivity contribution in [3.05, 3.63) is 67.8 Å². The Kier molecular flexibility index (Phi) is 7.54. The second-order valence-corrected chi connectivity index (χ2v) is 10.2. The first-order valence-electron chi connectivity index (χ1n) is 11.7. The Bertz CT molecular complexity index is 1240. The lowest BCUT2D eigenvalue weighted by molar-refractivity contribution is -0.122. The SMILES string of the molecule is CCCn1c(N2CCCC2)c(C=C2SC(=S)N(CCc3ccccc3)C2=O)c(C)c(C#N)c1=O. The lowest BCUT2D eigenvalue weighted by Gasteiger charge is -2.26. The van der Waals surface area contributed by atoms with Crippen molar-refractivity contribution < 1.29 is 4.79 Å². The van der Waals surface area contributed by atoms with E-state index in [4.69, 9.17) is 12.2 Å². The maximum Gasteiger partial charge on any atom is 0.270 e. The Hall–Kier alpha value is -2.89. The fourth-order valence-electron chi connectivity index (χ4n) is 4.55. The molecule has 2 fully saturated rings. The number of pyridine rings is 1. The van der Waals surface area contributed by atoms with Gasteiger partial charge < -0.3 is 4.90 Å². The van der Waals surface area contributed by atoms with Gasteiger partial charge >= 0.3 is 0 Å². The van der Waals surface area contributed by atoms with Gasteiger partial charge in [0, 0.05) is 31.7 Å². The van der Waals surface area contributed by atoms with Gasteiger partial charge in [0.1, 0.15) is 21.8 Å². The van der Waals surface area contributed by atoms with Crippen LogP contribution in [-0.4, -0.2) is 39.3 Å². The maximum absolute atomic E-state index is 13.3. The summed E-state index contributed by atoms with van der Waals surface area (Å²) in [6, 6.07) is 12.1. The minimum absolute atomic E-state index is 0.121. The minimum Gasteiger partial charge on any atom is -0.357 e. The normalized spacial score (nSPS) is 17.1. The van der Waals surface area contributed by atoms with Crippen LogP contribution in [0.4, 0.5) is 5.82 Å². The molecular weight excluding hydrogens is 464 g/mol. The molecular formula is C26H28N4O2S2. The summed E-state index contributed by atoms with van der Waals surface area (Å²) >= 11 is 6.83. The number of carbonyl (C=O) groups excluding carboxylic acids is 1. The highest BCUT2D eigenvalue weighted by Crippen LogP contribution is 2.36. The van der Waals surface area contributed by atoms with Gasteiger partial charge in [0.2, 0.25) is 0 Å². The summed E-state index contributed by atoms with van der Waals surface area (Å²) in [6.07, 6.45) is 5.45. The minimum atomic E-state index is -0.253. The van der Waals surface area contributed by atoms with Crippen LogP contribution in [-0.2, 0) is 17.8 Å². The highest BCUT2D eigenvalue weighted by molar-refractivity contribution is 8.26. The molecule has 0 unspecified atom stereocenters. The van der Waals surface area contributed by atoms with Crippen LogP contribution in [0.15, 0.2) is 40.0 Å². The third-order valence-electron chi connectivity index (χ3n) is 6.32. The highest BCUT2D eigenvalue weighted by Gasteiger charge is 2.33. The number of hydrogen-bond acceptors (Lipinski definition) is 6. The van der Waals surface area contributed by atoms with Crippen LogP contribution in [0.5, 0.6) is 0 Å². The monoisotopic (exact) mass is 492 g/mol. The number of thiocarbonyl (C=S) groups is 1. The first-order chi connectivity index (χ1) is 16.5. The highest BCUT2D eigenvalue weighted by atomic mass is 32.2. The molecule has 0 aliphatic carbocycles. The third-order valence-corrected chi connectivity index (χ3v) is 7.69. The number of hydrogen-bond donors (Lipinski definition) is 0. The zero-order valence-electron chi connectivity index (χ0n) is 19.5. The van der Waals surface area contributed by atoms with Gasteiger partial charge in [-0.25, -0.2) is 0 Å². The molecule has 1 aromatic carbocycles. The van der Waals surface area contributed by atoms with Gasteiger partial charge in [-0.05, 0) is 49.8 Å². The van der Waals surface area contributed by atoms with Gasteiger partial charge in [-0.2, -0.15) is 5.26 Å². The van der Waals surface area contributed by atoms with Crippen molar-refractivity contribution >= 4 is 46.1 Å². The Morgan fingerprint density at radius 1 is 1.15 bits per heavy atom. The van der Waals surface area contributed by atoms with Crippen molar-refractivity contribution in [3.8, 4) is 6.07 Å². The van der Waals surface area contributed by atoms with E-state index in [-0.39, 0.29) is 17.0 Å². The molecule has 0 saturated carbocycles. The summed E-state index contributed by atoms with van der Waals surface area (Å²) in [5.41, 5.74) is 2.43. The number of nitrogens with zero attached hydrogens (tertiary/aromatic N) is 4. The quantitative estimate of drug-likeness (QED) is 0.419. The average molecular weight is 493 g/mol. The largest absolute Gasteiger partial charge is 0.357 e. The Morgan fingerprint density at radius 3 is 2.50 bits per heavy atom. The van der Waals surface area contributed by atoms with Crippen LogP contribution in [0.3, 0.4) is 0 Å². The summed E-state index contributed by atoms with van der Waals surface area (Å²) in [4.78, 5) is 30.9. The number of carbonyl (C=O) groups is 1. The predicted molar refractivity (Wildman–Crippen MR) is 142 cm³/mol. The lowest BCUT2D eigenvalue weighted by Crippen LogP contribution is -2.33. The van der Waals surface area contributed by atoms with Crippen molar-refractivity contribution in [2.75, 3.05) is 24.5 Å². The van der Waals surface area contributed by atoms with E-state index < -0.39 is 0 Å². The molecule has 0 spiro atoms. The van der Waals surface area contributed by atoms with Crippen molar-refractivity contribution in [1.82, 2.24) is 9.47 Å². The van der Waals surface area contributed by atoms with Crippen LogP contribution in [0.2, 0.25) is 0 Å². The fourth-order valence-corrected chi connectivity index (χ4v) is 5.84. The number of aromatic nitrogens is 1. The van der Waals surface area contributed by atoms with Gasteiger partial charge in [-0.15, -0.1) is 0 Å². The summed E-state index contributed by atoms with van der Waals surface area (Å²) < 4.78 is 2.26. The Balaban J connectivity index is 1.75. The van der Waals surface area contributed by atoms with Crippen LogP contribution in [0.1, 0.15) is 48.4 Å². The van der Waals surface area contributed by atoms with E-state index in [1.807, 2.05) is 43.3 Å². The number of rotatable bonds is 7. The first kappa shape index (κ1) is 24.2. The average Bonchev–Trinajstić information content (AvgIpc) is 3.45. The molecule has 1 aromatic heterocycles. The molecule has 4 rings (SSSR count). The second kappa shape index (κ2) is 10.6. The molecule has 0 atom stereocenters.